The van der Waals surface area contributed by atoms with E-state index in [2.05, 4.69) is 27.9 Å². The Morgan fingerprint density at radius 2 is 1.81 bits per heavy atom. The van der Waals surface area contributed by atoms with Gasteiger partial charge in [-0.05, 0) is 30.5 Å². The second-order valence-electron chi connectivity index (χ2n) is 8.36. The quantitative estimate of drug-likeness (QED) is 0.348. The lowest BCUT2D eigenvalue weighted by molar-refractivity contribution is 0.410. The van der Waals surface area contributed by atoms with Crippen molar-refractivity contribution in [3.8, 4) is 29.0 Å². The molecule has 0 fully saturated rings. The van der Waals surface area contributed by atoms with Gasteiger partial charge in [0, 0.05) is 30.2 Å². The molecule has 3 aromatic heterocycles. The first-order valence-electron chi connectivity index (χ1n) is 12.0. The van der Waals surface area contributed by atoms with E-state index < -0.39 is 0 Å². The molecule has 0 saturated carbocycles. The van der Waals surface area contributed by atoms with Crippen LogP contribution >= 0.6 is 0 Å². The minimum absolute atomic E-state index is 0.169. The summed E-state index contributed by atoms with van der Waals surface area (Å²) in [6.07, 6.45) is 8.46. The highest BCUT2D eigenvalue weighted by atomic mass is 16.5. The first-order valence-corrected chi connectivity index (χ1v) is 12.0. The van der Waals surface area contributed by atoms with Crippen molar-refractivity contribution in [1.82, 2.24) is 24.5 Å². The van der Waals surface area contributed by atoms with Crippen molar-refractivity contribution < 1.29 is 4.74 Å². The number of benzene rings is 1. The van der Waals surface area contributed by atoms with Crippen LogP contribution in [0.2, 0.25) is 0 Å². The number of pyridine rings is 1. The van der Waals surface area contributed by atoms with Gasteiger partial charge in [-0.15, -0.1) is 0 Å². The summed E-state index contributed by atoms with van der Waals surface area (Å²) in [4.78, 5) is 32.0. The number of aromatic nitrogens is 5. The first kappa shape index (κ1) is 24.7. The van der Waals surface area contributed by atoms with Crippen LogP contribution in [0.15, 0.2) is 59.8 Å². The average molecular weight is 481 g/mol. The zero-order valence-corrected chi connectivity index (χ0v) is 20.7. The fraction of sp³-hybridized carbons (Fsp3) is 0.286. The molecule has 36 heavy (non-hydrogen) atoms. The lowest BCUT2D eigenvalue weighted by atomic mass is 10.0. The summed E-state index contributed by atoms with van der Waals surface area (Å²) in [7, 11) is 1.54. The van der Waals surface area contributed by atoms with Gasteiger partial charge in [0.2, 0.25) is 5.95 Å². The Morgan fingerprint density at radius 1 is 1.03 bits per heavy atom. The van der Waals surface area contributed by atoms with Crippen molar-refractivity contribution in [3.63, 3.8) is 0 Å². The molecule has 0 aliphatic heterocycles. The second-order valence-corrected chi connectivity index (χ2v) is 8.36. The maximum Gasteiger partial charge on any atom is 0.264 e. The van der Waals surface area contributed by atoms with Crippen molar-refractivity contribution in [2.24, 2.45) is 0 Å². The molecule has 0 atom stereocenters. The fourth-order valence-electron chi connectivity index (χ4n) is 4.05. The lowest BCUT2D eigenvalue weighted by Crippen LogP contribution is -2.30. The average Bonchev–Trinajstić information content (AvgIpc) is 2.93. The largest absolute Gasteiger partial charge is 0.494 e. The van der Waals surface area contributed by atoms with Crippen molar-refractivity contribution >= 4 is 0 Å². The van der Waals surface area contributed by atoms with Crippen molar-refractivity contribution in [3.05, 3.63) is 93.6 Å². The minimum Gasteiger partial charge on any atom is -0.494 e. The lowest BCUT2D eigenvalue weighted by Gasteiger charge is -2.16. The van der Waals surface area contributed by atoms with Crippen LogP contribution in [0.1, 0.15) is 54.9 Å². The number of unbranched alkanes of at least 4 members (excludes halogenated alkanes) is 1. The Morgan fingerprint density at radius 3 is 2.44 bits per heavy atom. The van der Waals surface area contributed by atoms with Gasteiger partial charge >= 0.3 is 0 Å². The molecule has 0 N–H and O–H groups in total. The molecule has 0 aliphatic rings. The molecule has 0 unspecified atom stereocenters. The topological polar surface area (TPSA) is 107 Å². The number of methoxy groups -OCH3 is 1. The zero-order chi connectivity index (χ0) is 25.5. The molecule has 8 heteroatoms. The van der Waals surface area contributed by atoms with Crippen LogP contribution in [0.3, 0.4) is 0 Å². The van der Waals surface area contributed by atoms with E-state index in [1.165, 1.54) is 4.57 Å². The molecule has 0 radical (unpaired) electrons. The third-order valence-corrected chi connectivity index (χ3v) is 5.99. The van der Waals surface area contributed by atoms with E-state index in [1.54, 1.807) is 31.8 Å². The Kier molecular flexibility index (Phi) is 7.81. The van der Waals surface area contributed by atoms with Crippen LogP contribution in [0, 0.1) is 11.3 Å². The monoisotopic (exact) mass is 480 g/mol. The van der Waals surface area contributed by atoms with Gasteiger partial charge in [-0.2, -0.15) is 5.26 Å². The number of ether oxygens (including phenoxy) is 1. The SMILES string of the molecule is CCCCc1nc(CC)n(-c2ncc(OC)cn2)c(=O)c1Cc1ccc(-c2ccccc2C#N)nc1. The summed E-state index contributed by atoms with van der Waals surface area (Å²) in [5.41, 5.74) is 4.21. The maximum atomic E-state index is 13.8. The normalized spacial score (nSPS) is 10.7. The van der Waals surface area contributed by atoms with E-state index in [1.807, 2.05) is 37.3 Å². The van der Waals surface area contributed by atoms with Gasteiger partial charge in [-0.3, -0.25) is 9.78 Å². The third kappa shape index (κ3) is 5.15. The highest BCUT2D eigenvalue weighted by Gasteiger charge is 2.19. The molecular formula is C28H28N6O2. The molecule has 1 aromatic carbocycles. The summed E-state index contributed by atoms with van der Waals surface area (Å²) >= 11 is 0. The molecule has 0 saturated heterocycles. The Bertz CT molecular complexity index is 1440. The molecule has 0 aliphatic carbocycles. The molecule has 0 spiro atoms. The van der Waals surface area contributed by atoms with E-state index in [0.29, 0.717) is 41.2 Å². The van der Waals surface area contributed by atoms with E-state index in [4.69, 9.17) is 9.72 Å². The number of aryl methyl sites for hydroxylation is 2. The third-order valence-electron chi connectivity index (χ3n) is 5.99. The number of rotatable bonds is 9. The molecule has 182 valence electrons. The van der Waals surface area contributed by atoms with Crippen LogP contribution in [0.5, 0.6) is 5.75 Å². The predicted octanol–water partition coefficient (Wildman–Crippen LogP) is 4.46. The van der Waals surface area contributed by atoms with Gasteiger partial charge in [0.25, 0.3) is 5.56 Å². The van der Waals surface area contributed by atoms with E-state index in [9.17, 15) is 10.1 Å². The Hall–Kier alpha value is -4.38. The van der Waals surface area contributed by atoms with Crippen LogP contribution in [0.4, 0.5) is 0 Å². The molecule has 4 rings (SSSR count). The molecule has 3 heterocycles. The predicted molar refractivity (Wildman–Crippen MR) is 137 cm³/mol. The van der Waals surface area contributed by atoms with E-state index >= 15 is 0 Å². The summed E-state index contributed by atoms with van der Waals surface area (Å²) in [6.45, 7) is 4.08. The van der Waals surface area contributed by atoms with Crippen LogP contribution in [0.25, 0.3) is 17.2 Å². The molecule has 0 bridgehead atoms. The highest BCUT2D eigenvalue weighted by molar-refractivity contribution is 5.67. The summed E-state index contributed by atoms with van der Waals surface area (Å²) in [5.74, 6) is 1.42. The second kappa shape index (κ2) is 11.4. The van der Waals surface area contributed by atoms with Gasteiger partial charge in [-0.25, -0.2) is 19.5 Å². The van der Waals surface area contributed by atoms with Gasteiger partial charge in [-0.1, -0.05) is 44.5 Å². The van der Waals surface area contributed by atoms with Gasteiger partial charge in [0.1, 0.15) is 5.82 Å². The number of nitriles is 1. The van der Waals surface area contributed by atoms with Gasteiger partial charge in [0.05, 0.1) is 42.5 Å². The smallest absolute Gasteiger partial charge is 0.264 e. The summed E-state index contributed by atoms with van der Waals surface area (Å²) < 4.78 is 6.66. The van der Waals surface area contributed by atoms with Crippen LogP contribution < -0.4 is 10.3 Å². The number of hydrogen-bond donors (Lipinski definition) is 0. The number of hydrogen-bond acceptors (Lipinski definition) is 7. The first-order chi connectivity index (χ1) is 17.6. The Balaban J connectivity index is 1.76. The Labute approximate surface area is 210 Å². The van der Waals surface area contributed by atoms with Crippen LogP contribution in [-0.2, 0) is 19.3 Å². The van der Waals surface area contributed by atoms with E-state index in [-0.39, 0.29) is 11.5 Å². The van der Waals surface area contributed by atoms with Crippen molar-refractivity contribution in [2.75, 3.05) is 7.11 Å². The van der Waals surface area contributed by atoms with E-state index in [0.717, 1.165) is 36.1 Å². The zero-order valence-electron chi connectivity index (χ0n) is 20.7. The maximum absolute atomic E-state index is 13.8. The number of nitrogens with zero attached hydrogens (tertiary/aromatic N) is 6. The standard InChI is InChI=1S/C28H28N6O2/c1-4-6-11-25-23(14-19-12-13-24(30-16-19)22-10-8-7-9-20(22)15-29)27(35)34(26(5-2)33-25)28-31-17-21(36-3)18-32-28/h7-10,12-13,16-18H,4-6,11,14H2,1-3H3. The van der Waals surface area contributed by atoms with Gasteiger partial charge in [0.15, 0.2) is 5.75 Å². The summed E-state index contributed by atoms with van der Waals surface area (Å²) in [6, 6.07) is 13.4. The minimum atomic E-state index is -0.169. The highest BCUT2D eigenvalue weighted by Crippen LogP contribution is 2.22. The van der Waals surface area contributed by atoms with Crippen molar-refractivity contribution in [2.45, 2.75) is 46.0 Å². The molecule has 8 nitrogen and oxygen atoms in total. The fourth-order valence-corrected chi connectivity index (χ4v) is 4.05. The van der Waals surface area contributed by atoms with Crippen LogP contribution in [-0.4, -0.2) is 31.6 Å². The molecular weight excluding hydrogens is 452 g/mol. The van der Waals surface area contributed by atoms with Crippen molar-refractivity contribution in [1.29, 1.82) is 5.26 Å². The van der Waals surface area contributed by atoms with Gasteiger partial charge < -0.3 is 4.74 Å². The molecule has 4 aromatic rings. The summed E-state index contributed by atoms with van der Waals surface area (Å²) in [5, 5.41) is 9.41. The molecule has 0 amide bonds.